The summed E-state index contributed by atoms with van der Waals surface area (Å²) < 4.78 is 15.9. The van der Waals surface area contributed by atoms with Crippen molar-refractivity contribution < 1.29 is 40.6 Å². The molecule has 4 rings (SSSR count). The fourth-order valence-corrected chi connectivity index (χ4v) is 4.45. The zero-order valence-electron chi connectivity index (χ0n) is 23.0. The molecule has 0 bridgehead atoms. The van der Waals surface area contributed by atoms with Gasteiger partial charge < -0.3 is 24.0 Å². The molecule has 1 saturated heterocycles. The molecule has 1 fully saturated rings. The molecule has 1 aliphatic heterocycles. The van der Waals surface area contributed by atoms with Crippen molar-refractivity contribution >= 4 is 12.0 Å². The predicted octanol–water partition coefficient (Wildman–Crippen LogP) is 4.03. The third-order valence-corrected chi connectivity index (χ3v) is 6.81. The van der Waals surface area contributed by atoms with Crippen LogP contribution in [0.1, 0.15) is 16.7 Å². The summed E-state index contributed by atoms with van der Waals surface area (Å²) in [6.45, 7) is 3.94. The maximum Gasteiger partial charge on any atom is 0.409 e. The quantitative estimate of drug-likeness (QED) is 0.315. The molecule has 1 radical (unpaired) electrons. The average Bonchev–Trinajstić information content (AvgIpc) is 2.98. The molecule has 3 aromatic rings. The van der Waals surface area contributed by atoms with Gasteiger partial charge in [-0.1, -0.05) is 24.3 Å². The molecule has 0 atom stereocenters. The monoisotopic (exact) mass is 589 g/mol. The van der Waals surface area contributed by atoms with Crippen molar-refractivity contribution in [3.8, 4) is 11.5 Å². The van der Waals surface area contributed by atoms with Gasteiger partial charge in [0.2, 0.25) is 5.91 Å². The summed E-state index contributed by atoms with van der Waals surface area (Å²) in [7, 11) is 3.27. The van der Waals surface area contributed by atoms with Crippen LogP contribution in [-0.4, -0.2) is 80.3 Å². The molecule has 2 amide bonds. The molecule has 8 nitrogen and oxygen atoms in total. The molecular formula is C31H36CoN3O5-. The van der Waals surface area contributed by atoms with Gasteiger partial charge in [0.15, 0.2) is 0 Å². The minimum absolute atomic E-state index is 0. The Morgan fingerprint density at radius 1 is 0.775 bits per heavy atom. The number of hydrogen-bond acceptors (Lipinski definition) is 6. The smallest absolute Gasteiger partial charge is 0.409 e. The fourth-order valence-electron chi connectivity index (χ4n) is 4.45. The number of carbonyl (C=O) groups excluding carboxylic acids is 2. The van der Waals surface area contributed by atoms with Crippen molar-refractivity contribution in [3.05, 3.63) is 95.6 Å². The van der Waals surface area contributed by atoms with Crippen LogP contribution in [0.2, 0.25) is 0 Å². The minimum Gasteiger partial charge on any atom is -0.497 e. The fraction of sp³-hybridized carbons (Fsp3) is 0.355. The van der Waals surface area contributed by atoms with Gasteiger partial charge in [-0.15, -0.1) is 5.56 Å². The third-order valence-electron chi connectivity index (χ3n) is 6.81. The molecule has 1 aliphatic rings. The van der Waals surface area contributed by atoms with Crippen molar-refractivity contribution in [3.63, 3.8) is 0 Å². The minimum atomic E-state index is -0.309. The van der Waals surface area contributed by atoms with Gasteiger partial charge in [-0.25, -0.2) is 4.79 Å². The van der Waals surface area contributed by atoms with E-state index in [1.807, 2.05) is 77.7 Å². The van der Waals surface area contributed by atoms with E-state index >= 15 is 0 Å². The van der Waals surface area contributed by atoms with Gasteiger partial charge in [0.05, 0.1) is 27.4 Å². The first-order valence-electron chi connectivity index (χ1n) is 13.2. The SMILES string of the molecule is COc1ccc(CCOC(=O)N2CCN(CC(=O)N(Cc3cc[c-]cc3)Cc3ccc(OC)cc3)CC2)cc1.[Co]. The van der Waals surface area contributed by atoms with E-state index in [-0.39, 0.29) is 28.8 Å². The van der Waals surface area contributed by atoms with Crippen molar-refractivity contribution in [1.82, 2.24) is 14.7 Å². The largest absolute Gasteiger partial charge is 0.497 e. The van der Waals surface area contributed by atoms with E-state index in [1.54, 1.807) is 19.1 Å². The van der Waals surface area contributed by atoms with Crippen LogP contribution in [0.3, 0.4) is 0 Å². The van der Waals surface area contributed by atoms with Crippen molar-refractivity contribution in [2.75, 3.05) is 53.6 Å². The van der Waals surface area contributed by atoms with Crippen molar-refractivity contribution in [2.45, 2.75) is 19.5 Å². The Balaban J connectivity index is 0.00000441. The number of rotatable bonds is 11. The molecule has 40 heavy (non-hydrogen) atoms. The van der Waals surface area contributed by atoms with E-state index in [0.717, 1.165) is 28.2 Å². The summed E-state index contributed by atoms with van der Waals surface area (Å²) in [5.74, 6) is 1.64. The van der Waals surface area contributed by atoms with Crippen LogP contribution in [0.5, 0.6) is 11.5 Å². The molecule has 3 aromatic carbocycles. The van der Waals surface area contributed by atoms with Gasteiger partial charge in [0.1, 0.15) is 11.5 Å². The molecule has 9 heteroatoms. The molecule has 0 aromatic heterocycles. The van der Waals surface area contributed by atoms with E-state index in [4.69, 9.17) is 14.2 Å². The number of nitrogens with zero attached hydrogens (tertiary/aromatic N) is 3. The molecule has 0 unspecified atom stereocenters. The van der Waals surface area contributed by atoms with Crippen molar-refractivity contribution in [1.29, 1.82) is 0 Å². The Bertz CT molecular complexity index is 1180. The van der Waals surface area contributed by atoms with Crippen LogP contribution in [0, 0.1) is 6.07 Å². The first kappa shape index (κ1) is 31.0. The van der Waals surface area contributed by atoms with E-state index in [1.165, 1.54) is 0 Å². The van der Waals surface area contributed by atoms with Crippen LogP contribution in [0.4, 0.5) is 4.79 Å². The van der Waals surface area contributed by atoms with E-state index in [9.17, 15) is 9.59 Å². The van der Waals surface area contributed by atoms with Gasteiger partial charge in [0.25, 0.3) is 0 Å². The van der Waals surface area contributed by atoms with Crippen LogP contribution < -0.4 is 9.47 Å². The number of hydrogen-bond donors (Lipinski definition) is 0. The summed E-state index contributed by atoms with van der Waals surface area (Å²) in [6.07, 6.45) is 0.338. The average molecular weight is 590 g/mol. The van der Waals surface area contributed by atoms with Crippen LogP contribution in [0.15, 0.2) is 72.8 Å². The second-order valence-electron chi connectivity index (χ2n) is 9.48. The summed E-state index contributed by atoms with van der Waals surface area (Å²) in [5.41, 5.74) is 3.17. The first-order chi connectivity index (χ1) is 19.0. The Morgan fingerprint density at radius 2 is 1.30 bits per heavy atom. The van der Waals surface area contributed by atoms with Gasteiger partial charge in [-0.2, -0.15) is 30.3 Å². The molecule has 0 aliphatic carbocycles. The Hall–Kier alpha value is -3.53. The Morgan fingerprint density at radius 3 is 1.85 bits per heavy atom. The second kappa shape index (κ2) is 15.9. The van der Waals surface area contributed by atoms with Gasteiger partial charge in [-0.05, 0) is 35.4 Å². The number of amides is 2. The Labute approximate surface area is 247 Å². The summed E-state index contributed by atoms with van der Waals surface area (Å²) in [5, 5.41) is 0. The topological polar surface area (TPSA) is 71.6 Å². The third kappa shape index (κ3) is 9.29. The summed E-state index contributed by atoms with van der Waals surface area (Å²) >= 11 is 0. The molecular weight excluding hydrogens is 553 g/mol. The number of benzene rings is 3. The predicted molar refractivity (Wildman–Crippen MR) is 149 cm³/mol. The second-order valence-corrected chi connectivity index (χ2v) is 9.48. The number of piperazine rings is 1. The van der Waals surface area contributed by atoms with Gasteiger partial charge in [0, 0.05) is 62.5 Å². The zero-order chi connectivity index (χ0) is 27.5. The van der Waals surface area contributed by atoms with Crippen molar-refractivity contribution in [2.24, 2.45) is 0 Å². The van der Waals surface area contributed by atoms with Crippen LogP contribution in [0.25, 0.3) is 0 Å². The van der Waals surface area contributed by atoms with E-state index < -0.39 is 0 Å². The molecule has 0 N–H and O–H groups in total. The molecule has 0 spiro atoms. The van der Waals surface area contributed by atoms with Crippen LogP contribution >= 0.6 is 0 Å². The maximum absolute atomic E-state index is 13.4. The normalized spacial score (nSPS) is 13.2. The van der Waals surface area contributed by atoms with E-state index in [0.29, 0.717) is 58.8 Å². The Kier molecular flexibility index (Phi) is 12.3. The molecule has 1 heterocycles. The zero-order valence-corrected chi connectivity index (χ0v) is 24.0. The first-order valence-corrected chi connectivity index (χ1v) is 13.2. The number of carbonyl (C=O) groups is 2. The number of ether oxygens (including phenoxy) is 3. The van der Waals surface area contributed by atoms with Gasteiger partial charge in [-0.3, -0.25) is 9.69 Å². The standard InChI is InChI=1S/C31H36N3O5.Co/c1-37-28-12-8-25(9-13-28)16-21-39-31(36)33-19-17-32(18-20-33)24-30(35)34(22-26-6-4-3-5-7-26)23-27-10-14-29(38-2)15-11-27;/h4-15H,16-24H2,1-2H3;/q-1;. The van der Waals surface area contributed by atoms with Gasteiger partial charge >= 0.3 is 6.09 Å². The molecule has 215 valence electrons. The molecule has 0 saturated carbocycles. The maximum atomic E-state index is 13.4. The van der Waals surface area contributed by atoms with E-state index in [2.05, 4.69) is 11.0 Å². The number of methoxy groups -OCH3 is 2. The summed E-state index contributed by atoms with van der Waals surface area (Å²) in [4.78, 5) is 31.7. The summed E-state index contributed by atoms with van der Waals surface area (Å²) in [6, 6.07) is 26.2. The van der Waals surface area contributed by atoms with Crippen LogP contribution in [-0.2, 0) is 45.8 Å².